The molecule has 1 fully saturated rings. The maximum Gasteiger partial charge on any atom is 0.244 e. The lowest BCUT2D eigenvalue weighted by Crippen LogP contribution is -2.33. The maximum absolute atomic E-state index is 13.5. The standard InChI is InChI=1S/C19H26N2O2SSi/c1-13-10-14(2)18(15(3)11-13)24(22,23)21-17(19(21)25(4,5)6)16-8-7-9-20-12-16/h7-12,17,19H,1-6H3/t17-,19+,21?/m0/s1. The van der Waals surface area contributed by atoms with Crippen molar-refractivity contribution < 1.29 is 8.42 Å². The Morgan fingerprint density at radius 3 is 2.16 bits per heavy atom. The molecule has 2 heterocycles. The molecule has 1 aliphatic heterocycles. The fourth-order valence-electron chi connectivity index (χ4n) is 3.92. The number of nitrogens with zero attached hydrogens (tertiary/aromatic N) is 2. The van der Waals surface area contributed by atoms with E-state index in [9.17, 15) is 8.42 Å². The summed E-state index contributed by atoms with van der Waals surface area (Å²) in [6.07, 6.45) is 3.52. The van der Waals surface area contributed by atoms with Crippen molar-refractivity contribution >= 4 is 18.1 Å². The van der Waals surface area contributed by atoms with Gasteiger partial charge in [-0.1, -0.05) is 43.4 Å². The highest BCUT2D eigenvalue weighted by Crippen LogP contribution is 2.52. The Labute approximate surface area is 152 Å². The van der Waals surface area contributed by atoms with Crippen LogP contribution in [0.3, 0.4) is 0 Å². The second-order valence-corrected chi connectivity index (χ2v) is 15.2. The van der Waals surface area contributed by atoms with Gasteiger partial charge in [0.15, 0.2) is 0 Å². The molecule has 0 aliphatic carbocycles. The van der Waals surface area contributed by atoms with E-state index >= 15 is 0 Å². The van der Waals surface area contributed by atoms with Gasteiger partial charge in [-0.2, -0.15) is 4.31 Å². The Hall–Kier alpha value is -1.50. The van der Waals surface area contributed by atoms with Crippen LogP contribution in [0, 0.1) is 20.8 Å². The minimum Gasteiger partial charge on any atom is -0.264 e. The van der Waals surface area contributed by atoms with Gasteiger partial charge >= 0.3 is 0 Å². The molecule has 3 atom stereocenters. The highest BCUT2D eigenvalue weighted by molar-refractivity contribution is 7.89. The van der Waals surface area contributed by atoms with Gasteiger partial charge in [-0.3, -0.25) is 4.98 Å². The van der Waals surface area contributed by atoms with Gasteiger partial charge in [-0.15, -0.1) is 0 Å². The van der Waals surface area contributed by atoms with Crippen LogP contribution in [0.25, 0.3) is 0 Å². The van der Waals surface area contributed by atoms with Crippen LogP contribution in [0.15, 0.2) is 41.6 Å². The molecule has 1 aromatic heterocycles. The van der Waals surface area contributed by atoms with Gasteiger partial charge in [0.2, 0.25) is 10.0 Å². The molecule has 6 heteroatoms. The summed E-state index contributed by atoms with van der Waals surface area (Å²) >= 11 is 0. The first kappa shape index (κ1) is 18.3. The summed E-state index contributed by atoms with van der Waals surface area (Å²) in [7, 11) is -5.24. The third-order valence-electron chi connectivity index (χ3n) is 4.81. The van der Waals surface area contributed by atoms with E-state index < -0.39 is 18.1 Å². The molecular formula is C19H26N2O2SSi. The van der Waals surface area contributed by atoms with E-state index in [1.807, 2.05) is 45.0 Å². The summed E-state index contributed by atoms with van der Waals surface area (Å²) in [6, 6.07) is 7.67. The van der Waals surface area contributed by atoms with Crippen molar-refractivity contribution in [3.05, 3.63) is 58.9 Å². The first-order chi connectivity index (χ1) is 11.5. The van der Waals surface area contributed by atoms with Crippen LogP contribution >= 0.6 is 0 Å². The second-order valence-electron chi connectivity index (χ2n) is 8.10. The SMILES string of the molecule is Cc1cc(C)c(S(=O)(=O)N2[C@H]([Si](C)(C)C)[C@@H]2c2cccnc2)c(C)c1. The van der Waals surface area contributed by atoms with Crippen LogP contribution in [-0.4, -0.2) is 31.4 Å². The van der Waals surface area contributed by atoms with Crippen molar-refractivity contribution in [1.29, 1.82) is 0 Å². The molecular weight excluding hydrogens is 348 g/mol. The van der Waals surface area contributed by atoms with Gasteiger partial charge in [-0.05, 0) is 43.5 Å². The van der Waals surface area contributed by atoms with Gasteiger partial charge < -0.3 is 0 Å². The zero-order valence-corrected chi connectivity index (χ0v) is 17.6. The molecule has 1 aromatic carbocycles. The highest BCUT2D eigenvalue weighted by Gasteiger charge is 2.61. The van der Waals surface area contributed by atoms with Crippen LogP contribution in [0.5, 0.6) is 0 Å². The van der Waals surface area contributed by atoms with Crippen LogP contribution in [0.1, 0.15) is 28.3 Å². The molecule has 0 radical (unpaired) electrons. The van der Waals surface area contributed by atoms with Crippen molar-refractivity contribution in [3.8, 4) is 0 Å². The summed E-state index contributed by atoms with van der Waals surface area (Å²) in [5.74, 6) is 0. The molecule has 0 saturated carbocycles. The molecule has 2 aromatic rings. The highest BCUT2D eigenvalue weighted by atomic mass is 32.2. The maximum atomic E-state index is 13.5. The predicted octanol–water partition coefficient (Wildman–Crippen LogP) is 4.00. The van der Waals surface area contributed by atoms with E-state index in [2.05, 4.69) is 24.6 Å². The fourth-order valence-corrected chi connectivity index (χ4v) is 9.57. The van der Waals surface area contributed by atoms with Crippen LogP contribution < -0.4 is 0 Å². The third-order valence-corrected chi connectivity index (χ3v) is 9.54. The first-order valence-electron chi connectivity index (χ1n) is 8.56. The minimum absolute atomic E-state index is 0.0711. The van der Waals surface area contributed by atoms with E-state index in [0.29, 0.717) is 4.90 Å². The number of hydrogen-bond acceptors (Lipinski definition) is 3. The number of sulfonamides is 1. The average Bonchev–Trinajstić information content (AvgIpc) is 3.23. The zero-order chi connectivity index (χ0) is 18.6. The molecule has 4 nitrogen and oxygen atoms in total. The smallest absolute Gasteiger partial charge is 0.244 e. The van der Waals surface area contributed by atoms with E-state index in [-0.39, 0.29) is 11.7 Å². The number of aromatic nitrogens is 1. The molecule has 0 spiro atoms. The molecule has 0 N–H and O–H groups in total. The molecule has 25 heavy (non-hydrogen) atoms. The van der Waals surface area contributed by atoms with Crippen molar-refractivity contribution in [2.75, 3.05) is 0 Å². The van der Waals surface area contributed by atoms with Crippen molar-refractivity contribution in [2.45, 2.75) is 57.0 Å². The molecule has 134 valence electrons. The molecule has 0 amide bonds. The second kappa shape index (κ2) is 6.04. The van der Waals surface area contributed by atoms with Crippen LogP contribution in [0.2, 0.25) is 19.6 Å². The van der Waals surface area contributed by atoms with Gasteiger partial charge in [0.05, 0.1) is 19.0 Å². The fraction of sp³-hybridized carbons (Fsp3) is 0.421. The van der Waals surface area contributed by atoms with Crippen LogP contribution in [-0.2, 0) is 10.0 Å². The lowest BCUT2D eigenvalue weighted by Gasteiger charge is -2.17. The number of hydrogen-bond donors (Lipinski definition) is 0. The van der Waals surface area contributed by atoms with E-state index in [4.69, 9.17) is 0 Å². The van der Waals surface area contributed by atoms with E-state index in [1.54, 1.807) is 16.7 Å². The van der Waals surface area contributed by atoms with E-state index in [1.165, 1.54) is 0 Å². The van der Waals surface area contributed by atoms with Crippen molar-refractivity contribution in [3.63, 3.8) is 0 Å². The first-order valence-corrected chi connectivity index (χ1v) is 13.6. The van der Waals surface area contributed by atoms with Gasteiger partial charge in [-0.25, -0.2) is 8.42 Å². The molecule has 1 saturated heterocycles. The Kier molecular flexibility index (Phi) is 4.42. The quantitative estimate of drug-likeness (QED) is 0.600. The van der Waals surface area contributed by atoms with Crippen molar-refractivity contribution in [1.82, 2.24) is 9.29 Å². The largest absolute Gasteiger partial charge is 0.264 e. The normalized spacial score (nSPS) is 23.5. The number of benzene rings is 1. The Balaban J connectivity index is 2.11. The average molecular weight is 375 g/mol. The van der Waals surface area contributed by atoms with Crippen LogP contribution in [0.4, 0.5) is 0 Å². The topological polar surface area (TPSA) is 50.0 Å². The number of rotatable bonds is 4. The van der Waals surface area contributed by atoms with E-state index in [0.717, 1.165) is 22.3 Å². The monoisotopic (exact) mass is 374 g/mol. The lowest BCUT2D eigenvalue weighted by molar-refractivity contribution is 0.550. The van der Waals surface area contributed by atoms with Crippen molar-refractivity contribution in [2.24, 2.45) is 0 Å². The molecule has 3 rings (SSSR count). The summed E-state index contributed by atoms with van der Waals surface area (Å²) < 4.78 is 28.8. The minimum atomic E-state index is -3.53. The molecule has 1 unspecified atom stereocenters. The summed E-state index contributed by atoms with van der Waals surface area (Å²) in [4.78, 5) is 4.66. The summed E-state index contributed by atoms with van der Waals surface area (Å²) in [5.41, 5.74) is 3.79. The molecule has 0 bridgehead atoms. The van der Waals surface area contributed by atoms with Gasteiger partial charge in [0.1, 0.15) is 0 Å². The summed E-state index contributed by atoms with van der Waals surface area (Å²) in [5, 5.41) is 0. The summed E-state index contributed by atoms with van der Waals surface area (Å²) in [6.45, 7) is 12.5. The van der Waals surface area contributed by atoms with Gasteiger partial charge in [0, 0.05) is 18.1 Å². The number of aryl methyl sites for hydroxylation is 3. The van der Waals surface area contributed by atoms with Gasteiger partial charge in [0.25, 0.3) is 0 Å². The number of pyridine rings is 1. The Bertz CT molecular complexity index is 882. The Morgan fingerprint density at radius 2 is 1.68 bits per heavy atom. The zero-order valence-electron chi connectivity index (χ0n) is 15.7. The molecule has 1 aliphatic rings. The third kappa shape index (κ3) is 3.18. The Morgan fingerprint density at radius 1 is 1.08 bits per heavy atom. The predicted molar refractivity (Wildman–Crippen MR) is 104 cm³/mol. The lowest BCUT2D eigenvalue weighted by atomic mass is 10.1.